The molecule has 32 heteroatoms. The van der Waals surface area contributed by atoms with Gasteiger partial charge in [-0.05, 0) is 86.0 Å². The quantitative estimate of drug-likeness (QED) is 0.0162. The lowest BCUT2D eigenvalue weighted by molar-refractivity contribution is -0.433. The number of amides is 7. The standard InChI is InChI=1S/C59H79N9O21S2/c1-4-5-6-19-86-39-14-12-35(13-15-39)57-62-25-46(90-57)33-8-10-34(11-9-33)52(78)63-40-22-37(72)24-61-56(82)50-51(77)30(2)26-68(50)59(84)49(43(75)17-18-60-36(28-69)29-70)66-55(81)48(44(76)20-32-7-16-42(74)45(21-32)87-91-89-88-85)65-54(80)41-23-38(73)27-67(41)58(83)47(31(3)71)64-53(40)79/h7-16,21,25,30-31,36-38,40-41,43-44,47-51,60,69-77,85H,4-6,17-20,22-24,26-29H2,1-3H3,(H,61,82)(H,63,78)(H,64,79)(H,65,80)(H,66,81)/t30-,31+,37+,38+,40?,41-,43+,44+,47-,48-,49-,50-,51-/m0/s1. The number of carbonyl (C=O) groups excluding carboxylic acids is 7. The Bertz CT molecular complexity index is 3090. The number of unbranched alkanes of at least 4 members (excludes halogenated alkanes) is 2. The Labute approximate surface area is 531 Å². The van der Waals surface area contributed by atoms with Gasteiger partial charge < -0.3 is 96.6 Å². The van der Waals surface area contributed by atoms with Crippen LogP contribution < -0.4 is 40.8 Å². The molecular formula is C59H79N9O21S2. The largest absolute Gasteiger partial charge is 0.504 e. The van der Waals surface area contributed by atoms with Gasteiger partial charge in [0.15, 0.2) is 11.5 Å². The van der Waals surface area contributed by atoms with Crippen LogP contribution in [0.1, 0.15) is 75.2 Å². The van der Waals surface area contributed by atoms with Gasteiger partial charge in [-0.3, -0.25) is 33.6 Å². The summed E-state index contributed by atoms with van der Waals surface area (Å²) < 4.78 is 15.2. The molecule has 4 heterocycles. The number of phenolic OH excluding ortho intramolecular Hbond substituents is 1. The molecule has 3 aliphatic rings. The number of hydrogen-bond acceptors (Lipinski definition) is 25. The van der Waals surface area contributed by atoms with E-state index in [1.54, 1.807) is 18.3 Å². The number of phenols is 1. The van der Waals surface area contributed by atoms with Crippen molar-refractivity contribution in [2.45, 2.75) is 145 Å². The maximum absolute atomic E-state index is 15.0. The van der Waals surface area contributed by atoms with Gasteiger partial charge in [0.05, 0.1) is 67.4 Å². The van der Waals surface area contributed by atoms with Gasteiger partial charge in [-0.25, -0.2) is 10.2 Å². The molecule has 7 amide bonds. The minimum absolute atomic E-state index is 0.0366. The SMILES string of the molecule is CCCCCOc1ccc(-c2ncc(-c3ccc(C(=O)NC4C[C@@H](O)CNC(=O)[C@@H]5[C@@H](O)[C@@H](C)CN5C(=O)[C@H]([C@H](O)CCNC(CO)CO)NC(=O)[C@H]([C@H](O)Cc5ccc(O)c(OSOOO)c5)NC(=O)[C@@H]5C[C@@H](O)CN5C(=O)[C@H]([C@@H](C)O)NC4=O)cc3)s2)cc1. The first-order chi connectivity index (χ1) is 43.5. The summed E-state index contributed by atoms with van der Waals surface area (Å²) in [5.41, 5.74) is 1.70. The molecule has 3 fully saturated rings. The van der Waals surface area contributed by atoms with Crippen molar-refractivity contribution in [3.63, 3.8) is 0 Å². The number of aromatic nitrogens is 1. The number of nitrogens with one attached hydrogen (secondary N) is 6. The second-order valence-electron chi connectivity index (χ2n) is 22.6. The van der Waals surface area contributed by atoms with Crippen molar-refractivity contribution in [2.75, 3.05) is 46.0 Å². The van der Waals surface area contributed by atoms with Gasteiger partial charge in [0.25, 0.3) is 18.2 Å². The summed E-state index contributed by atoms with van der Waals surface area (Å²) in [5.74, 6) is -8.83. The summed E-state index contributed by atoms with van der Waals surface area (Å²) in [4.78, 5) is 109. The minimum atomic E-state index is -2.16. The number of thiazole rings is 1. The molecule has 7 rings (SSSR count). The summed E-state index contributed by atoms with van der Waals surface area (Å²) in [6, 6.07) is 5.11. The normalized spacial score (nSPS) is 24.9. The average Bonchev–Trinajstić information content (AvgIpc) is 1.97. The Hall–Kier alpha value is -7.15. The number of nitrogens with zero attached hydrogens (tertiary/aromatic N) is 3. The molecule has 1 unspecified atom stereocenters. The number of ether oxygens (including phenoxy) is 1. The molecule has 0 saturated carbocycles. The summed E-state index contributed by atoms with van der Waals surface area (Å²) in [6.07, 6.45) is -7.83. The molecular weight excluding hydrogens is 1230 g/mol. The smallest absolute Gasteiger partial charge is 0.261 e. The highest BCUT2D eigenvalue weighted by Gasteiger charge is 2.50. The Morgan fingerprint density at radius 3 is 2.16 bits per heavy atom. The number of aliphatic hydroxyl groups is 8. The van der Waals surface area contributed by atoms with E-state index in [1.165, 1.54) is 36.5 Å². The van der Waals surface area contributed by atoms with Crippen LogP contribution in [0.3, 0.4) is 0 Å². The maximum atomic E-state index is 15.0. The monoisotopic (exact) mass is 1310 g/mol. The zero-order chi connectivity index (χ0) is 66.1. The van der Waals surface area contributed by atoms with E-state index in [-0.39, 0.29) is 42.3 Å². The number of aliphatic hydroxyl groups excluding tert-OH is 8. The third-order valence-electron chi connectivity index (χ3n) is 15.8. The zero-order valence-corrected chi connectivity index (χ0v) is 51.7. The van der Waals surface area contributed by atoms with Gasteiger partial charge in [-0.1, -0.05) is 54.3 Å². The maximum Gasteiger partial charge on any atom is 0.261 e. The first-order valence-corrected chi connectivity index (χ1v) is 31.1. The summed E-state index contributed by atoms with van der Waals surface area (Å²) in [6.45, 7) is 2.43. The van der Waals surface area contributed by atoms with Gasteiger partial charge >= 0.3 is 0 Å². The molecule has 16 N–H and O–H groups in total. The lowest BCUT2D eigenvalue weighted by Gasteiger charge is -2.34. The highest BCUT2D eigenvalue weighted by Crippen LogP contribution is 2.34. The molecule has 3 aromatic carbocycles. The molecule has 3 saturated heterocycles. The molecule has 1 aromatic heterocycles. The zero-order valence-electron chi connectivity index (χ0n) is 50.0. The second kappa shape index (κ2) is 34.0. The van der Waals surface area contributed by atoms with Gasteiger partial charge in [-0.15, -0.1) is 11.3 Å². The fourth-order valence-electron chi connectivity index (χ4n) is 10.7. The molecule has 13 atom stereocenters. The van der Waals surface area contributed by atoms with E-state index in [2.05, 4.69) is 53.2 Å². The van der Waals surface area contributed by atoms with Crippen molar-refractivity contribution in [3.05, 3.63) is 84.1 Å². The van der Waals surface area contributed by atoms with E-state index in [0.29, 0.717) is 12.2 Å². The first-order valence-electron chi connectivity index (χ1n) is 29.6. The molecule has 4 aromatic rings. The van der Waals surface area contributed by atoms with Crippen molar-refractivity contribution in [1.82, 2.24) is 46.7 Å². The number of β-amino-alcohol motifs (C(OH)–C–C–N with tert-alkyl or cyclic N) is 1. The van der Waals surface area contributed by atoms with Crippen LogP contribution in [0.4, 0.5) is 0 Å². The van der Waals surface area contributed by atoms with E-state index in [0.717, 1.165) is 69.3 Å². The Morgan fingerprint density at radius 1 is 0.802 bits per heavy atom. The summed E-state index contributed by atoms with van der Waals surface area (Å²) in [7, 11) is 0. The molecule has 0 bridgehead atoms. The minimum Gasteiger partial charge on any atom is -0.504 e. The molecule has 30 nitrogen and oxygen atoms in total. The fraction of sp³-hybridized carbons (Fsp3) is 0.525. The summed E-state index contributed by atoms with van der Waals surface area (Å²) in [5, 5.41) is 127. The average molecular weight is 1310 g/mol. The van der Waals surface area contributed by atoms with Crippen LogP contribution in [-0.4, -0.2) is 232 Å². The molecule has 0 spiro atoms. The van der Waals surface area contributed by atoms with Gasteiger partial charge in [-0.2, -0.15) is 0 Å². The van der Waals surface area contributed by atoms with Gasteiger partial charge in [0.2, 0.25) is 35.4 Å². The van der Waals surface area contributed by atoms with Crippen molar-refractivity contribution < 1.29 is 103 Å². The summed E-state index contributed by atoms with van der Waals surface area (Å²) >= 11 is 1.47. The van der Waals surface area contributed by atoms with Crippen LogP contribution in [-0.2, 0) is 44.6 Å². The van der Waals surface area contributed by atoms with Crippen LogP contribution in [0.25, 0.3) is 21.0 Å². The van der Waals surface area contributed by atoms with E-state index in [1.807, 2.05) is 24.3 Å². The third-order valence-corrected chi connectivity index (χ3v) is 17.2. The number of rotatable bonds is 24. The van der Waals surface area contributed by atoms with Crippen molar-refractivity contribution >= 4 is 65.0 Å². The Kier molecular flexibility index (Phi) is 26.6. The van der Waals surface area contributed by atoms with E-state index in [4.69, 9.17) is 14.2 Å². The number of benzene rings is 3. The second-order valence-corrected chi connectivity index (χ2v) is 24.1. The Morgan fingerprint density at radius 2 is 1.48 bits per heavy atom. The van der Waals surface area contributed by atoms with Crippen LogP contribution in [0.2, 0.25) is 0 Å². The molecule has 0 aliphatic carbocycles. The Balaban J connectivity index is 1.20. The van der Waals surface area contributed by atoms with Crippen molar-refractivity contribution in [1.29, 1.82) is 0 Å². The van der Waals surface area contributed by atoms with E-state index < -0.39 is 184 Å². The lowest BCUT2D eigenvalue weighted by Crippen LogP contribution is -2.64. The third kappa shape index (κ3) is 19.0. The van der Waals surface area contributed by atoms with E-state index in [9.17, 15) is 79.5 Å². The number of hydrogen-bond donors (Lipinski definition) is 16. The number of aromatic hydroxyl groups is 1. The van der Waals surface area contributed by atoms with Gasteiger partial charge in [0, 0.05) is 62.1 Å². The predicted molar refractivity (Wildman–Crippen MR) is 325 cm³/mol. The number of fused-ring (bicyclic) bond motifs is 2. The van der Waals surface area contributed by atoms with Crippen LogP contribution in [0.5, 0.6) is 17.2 Å². The molecule has 91 heavy (non-hydrogen) atoms. The highest BCUT2D eigenvalue weighted by atomic mass is 32.2. The fourth-order valence-corrected chi connectivity index (χ4v) is 11.9. The van der Waals surface area contributed by atoms with Crippen LogP contribution in [0.15, 0.2) is 72.9 Å². The molecule has 3 aliphatic heterocycles. The van der Waals surface area contributed by atoms with E-state index >= 15 is 0 Å². The highest BCUT2D eigenvalue weighted by molar-refractivity contribution is 7.90. The topological polar surface area (TPSA) is 450 Å². The predicted octanol–water partition coefficient (Wildman–Crippen LogP) is -1.60. The van der Waals surface area contributed by atoms with Crippen molar-refractivity contribution in [3.8, 4) is 38.3 Å². The van der Waals surface area contributed by atoms with Crippen LogP contribution in [0, 0.1) is 5.92 Å². The van der Waals surface area contributed by atoms with Gasteiger partial charge in [0.1, 0.15) is 47.0 Å². The molecule has 498 valence electrons. The first kappa shape index (κ1) is 71.3. The molecule has 0 radical (unpaired) electrons. The number of carbonyl (C=O) groups is 7. The van der Waals surface area contributed by atoms with Crippen molar-refractivity contribution in [2.24, 2.45) is 5.92 Å². The lowest BCUT2D eigenvalue weighted by atomic mass is 9.98. The van der Waals surface area contributed by atoms with Crippen LogP contribution >= 0.6 is 23.7 Å².